The number of carbonyl (C=O) groups excluding carboxylic acids is 1. The third kappa shape index (κ3) is 5.45. The fourth-order valence-corrected chi connectivity index (χ4v) is 2.80. The first-order chi connectivity index (χ1) is 13.4. The summed E-state index contributed by atoms with van der Waals surface area (Å²) in [5.74, 6) is 0.304. The van der Waals surface area contributed by atoms with E-state index in [9.17, 15) is 18.0 Å². The van der Waals surface area contributed by atoms with Gasteiger partial charge in [0.2, 0.25) is 5.91 Å². The lowest BCUT2D eigenvalue weighted by atomic mass is 10.0. The molecule has 0 unspecified atom stereocenters. The lowest BCUT2D eigenvalue weighted by molar-refractivity contribution is -0.137. The van der Waals surface area contributed by atoms with Gasteiger partial charge in [0, 0.05) is 19.3 Å². The summed E-state index contributed by atoms with van der Waals surface area (Å²) >= 11 is 0. The quantitative estimate of drug-likeness (QED) is 0.591. The van der Waals surface area contributed by atoms with Gasteiger partial charge in [0.25, 0.3) is 0 Å². The Labute approximate surface area is 160 Å². The largest absolute Gasteiger partial charge is 0.417 e. The molecule has 1 amide bonds. The summed E-state index contributed by atoms with van der Waals surface area (Å²) < 4.78 is 37.4. The topological polar surface area (TPSA) is 54.0 Å². The second-order valence-corrected chi connectivity index (χ2v) is 6.42. The number of fused-ring (bicyclic) bond motifs is 1. The number of carbonyl (C=O) groups is 1. The van der Waals surface area contributed by atoms with E-state index in [1.165, 1.54) is 6.07 Å². The number of hydrogen-bond acceptors (Lipinski definition) is 3. The van der Waals surface area contributed by atoms with Gasteiger partial charge in [-0.3, -0.25) is 4.79 Å². The van der Waals surface area contributed by atoms with E-state index in [2.05, 4.69) is 15.6 Å². The lowest BCUT2D eigenvalue weighted by Gasteiger charge is -2.09. The van der Waals surface area contributed by atoms with E-state index in [0.29, 0.717) is 31.7 Å². The second-order valence-electron chi connectivity index (χ2n) is 6.42. The standard InChI is InChI=1S/C21H20F3N3O/c22-21(23,24)18-8-9-19(27-14-18)25-10-3-11-26-20(28)13-15-6-7-16-4-1-2-5-17(16)12-15/h1-2,4-9,12,14H,3,10-11,13H2,(H,25,27)(H,26,28). The van der Waals surface area contributed by atoms with Crippen molar-refractivity contribution in [3.8, 4) is 0 Å². The van der Waals surface area contributed by atoms with Crippen molar-refractivity contribution >= 4 is 22.5 Å². The molecule has 2 N–H and O–H groups in total. The van der Waals surface area contributed by atoms with Crippen LogP contribution in [0.4, 0.5) is 19.0 Å². The number of nitrogens with one attached hydrogen (secondary N) is 2. The molecular weight excluding hydrogens is 367 g/mol. The Hall–Kier alpha value is -3.09. The minimum Gasteiger partial charge on any atom is -0.370 e. The van der Waals surface area contributed by atoms with Crippen molar-refractivity contribution in [1.82, 2.24) is 10.3 Å². The average Bonchev–Trinajstić information content (AvgIpc) is 2.67. The third-order valence-electron chi connectivity index (χ3n) is 4.25. The number of alkyl halides is 3. The fourth-order valence-electron chi connectivity index (χ4n) is 2.80. The van der Waals surface area contributed by atoms with E-state index in [1.807, 2.05) is 42.5 Å². The zero-order valence-electron chi connectivity index (χ0n) is 15.1. The summed E-state index contributed by atoms with van der Waals surface area (Å²) in [6.45, 7) is 0.967. The van der Waals surface area contributed by atoms with E-state index >= 15 is 0 Å². The highest BCUT2D eigenvalue weighted by Gasteiger charge is 2.30. The summed E-state index contributed by atoms with van der Waals surface area (Å²) in [7, 11) is 0. The smallest absolute Gasteiger partial charge is 0.370 e. The molecule has 0 saturated carbocycles. The van der Waals surface area contributed by atoms with Gasteiger partial charge < -0.3 is 10.6 Å². The van der Waals surface area contributed by atoms with Crippen LogP contribution in [0.25, 0.3) is 10.8 Å². The Bertz CT molecular complexity index is 940. The number of halogens is 3. The number of benzene rings is 2. The molecule has 4 nitrogen and oxygen atoms in total. The number of anilines is 1. The van der Waals surface area contributed by atoms with Gasteiger partial charge in [0.05, 0.1) is 12.0 Å². The van der Waals surface area contributed by atoms with Gasteiger partial charge in [-0.2, -0.15) is 13.2 Å². The predicted molar refractivity (Wildman–Crippen MR) is 103 cm³/mol. The number of nitrogens with zero attached hydrogens (tertiary/aromatic N) is 1. The number of amides is 1. The summed E-state index contributed by atoms with van der Waals surface area (Å²) in [5.41, 5.74) is 0.169. The van der Waals surface area contributed by atoms with Crippen molar-refractivity contribution in [2.45, 2.75) is 19.0 Å². The number of pyridine rings is 1. The van der Waals surface area contributed by atoms with Gasteiger partial charge in [-0.25, -0.2) is 4.98 Å². The molecule has 0 atom stereocenters. The fraction of sp³-hybridized carbons (Fsp3) is 0.238. The minimum atomic E-state index is -4.39. The van der Waals surface area contributed by atoms with E-state index < -0.39 is 11.7 Å². The number of hydrogen-bond donors (Lipinski definition) is 2. The van der Waals surface area contributed by atoms with Gasteiger partial charge in [-0.15, -0.1) is 0 Å². The molecule has 0 bridgehead atoms. The van der Waals surface area contributed by atoms with Crippen LogP contribution in [-0.2, 0) is 17.4 Å². The Morgan fingerprint density at radius 3 is 2.46 bits per heavy atom. The molecule has 2 aromatic carbocycles. The highest BCUT2D eigenvalue weighted by atomic mass is 19.4. The van der Waals surface area contributed by atoms with E-state index in [1.54, 1.807) is 0 Å². The number of aromatic nitrogens is 1. The Balaban J connectivity index is 1.38. The molecule has 0 fully saturated rings. The molecule has 1 aromatic heterocycles. The molecule has 3 aromatic rings. The van der Waals surface area contributed by atoms with Crippen LogP contribution >= 0.6 is 0 Å². The van der Waals surface area contributed by atoms with Crippen molar-refractivity contribution in [2.24, 2.45) is 0 Å². The summed E-state index contributed by atoms with van der Waals surface area (Å²) in [5, 5.41) is 8.02. The van der Waals surface area contributed by atoms with Crippen molar-refractivity contribution in [3.05, 3.63) is 71.9 Å². The lowest BCUT2D eigenvalue weighted by Crippen LogP contribution is -2.27. The van der Waals surface area contributed by atoms with Gasteiger partial charge in [0.1, 0.15) is 5.82 Å². The van der Waals surface area contributed by atoms with Gasteiger partial charge in [-0.1, -0.05) is 42.5 Å². The van der Waals surface area contributed by atoms with Crippen LogP contribution in [-0.4, -0.2) is 24.0 Å². The van der Waals surface area contributed by atoms with Crippen molar-refractivity contribution in [3.63, 3.8) is 0 Å². The van der Waals surface area contributed by atoms with Crippen LogP contribution in [0, 0.1) is 0 Å². The zero-order valence-corrected chi connectivity index (χ0v) is 15.1. The Morgan fingerprint density at radius 1 is 0.964 bits per heavy atom. The molecule has 1 heterocycles. The van der Waals surface area contributed by atoms with Gasteiger partial charge >= 0.3 is 6.18 Å². The maximum absolute atomic E-state index is 12.5. The maximum Gasteiger partial charge on any atom is 0.417 e. The molecule has 7 heteroatoms. The summed E-state index contributed by atoms with van der Waals surface area (Å²) in [6.07, 6.45) is -2.65. The molecule has 28 heavy (non-hydrogen) atoms. The molecule has 0 aliphatic heterocycles. The normalized spacial score (nSPS) is 11.4. The summed E-state index contributed by atoms with van der Waals surface area (Å²) in [6, 6.07) is 16.2. The summed E-state index contributed by atoms with van der Waals surface area (Å²) in [4.78, 5) is 15.8. The first kappa shape index (κ1) is 19.7. The van der Waals surface area contributed by atoms with Crippen LogP contribution < -0.4 is 10.6 Å². The first-order valence-electron chi connectivity index (χ1n) is 8.93. The highest BCUT2D eigenvalue weighted by molar-refractivity contribution is 5.85. The number of rotatable bonds is 7. The molecular formula is C21H20F3N3O. The predicted octanol–water partition coefficient (Wildman–Crippen LogP) is 4.41. The SMILES string of the molecule is O=C(Cc1ccc2ccccc2c1)NCCCNc1ccc(C(F)(F)F)cn1. The van der Waals surface area contributed by atoms with E-state index in [-0.39, 0.29) is 5.91 Å². The minimum absolute atomic E-state index is 0.0667. The first-order valence-corrected chi connectivity index (χ1v) is 8.93. The zero-order chi connectivity index (χ0) is 20.0. The van der Waals surface area contributed by atoms with Crippen LogP contribution in [0.1, 0.15) is 17.5 Å². The van der Waals surface area contributed by atoms with Gasteiger partial charge in [-0.05, 0) is 34.9 Å². The maximum atomic E-state index is 12.5. The molecule has 0 saturated heterocycles. The average molecular weight is 387 g/mol. The van der Waals surface area contributed by atoms with Gasteiger partial charge in [0.15, 0.2) is 0 Å². The Kier molecular flexibility index (Phi) is 6.13. The highest BCUT2D eigenvalue weighted by Crippen LogP contribution is 2.28. The van der Waals surface area contributed by atoms with Crippen LogP contribution in [0.2, 0.25) is 0 Å². The van der Waals surface area contributed by atoms with E-state index in [0.717, 1.165) is 28.6 Å². The molecule has 0 aliphatic rings. The van der Waals surface area contributed by atoms with Crippen molar-refractivity contribution in [2.75, 3.05) is 18.4 Å². The van der Waals surface area contributed by atoms with Crippen LogP contribution in [0.3, 0.4) is 0 Å². The monoisotopic (exact) mass is 387 g/mol. The van der Waals surface area contributed by atoms with Crippen molar-refractivity contribution < 1.29 is 18.0 Å². The third-order valence-corrected chi connectivity index (χ3v) is 4.25. The molecule has 3 rings (SSSR count). The second kappa shape index (κ2) is 8.73. The molecule has 0 aliphatic carbocycles. The molecule has 146 valence electrons. The van der Waals surface area contributed by atoms with Crippen LogP contribution in [0.15, 0.2) is 60.8 Å². The molecule has 0 radical (unpaired) electrons. The van der Waals surface area contributed by atoms with Crippen molar-refractivity contribution in [1.29, 1.82) is 0 Å². The van der Waals surface area contributed by atoms with E-state index in [4.69, 9.17) is 0 Å². The molecule has 0 spiro atoms. The van der Waals surface area contributed by atoms with Crippen LogP contribution in [0.5, 0.6) is 0 Å². The Morgan fingerprint density at radius 2 is 1.75 bits per heavy atom.